The average molecular weight is 289 g/mol. The lowest BCUT2D eigenvalue weighted by molar-refractivity contribution is -0.0895. The number of rotatable bonds is 6. The van der Waals surface area contributed by atoms with Gasteiger partial charge in [0.05, 0.1) is 11.2 Å². The van der Waals surface area contributed by atoms with Crippen LogP contribution in [0, 0.1) is 5.82 Å². The molecule has 0 saturated heterocycles. The van der Waals surface area contributed by atoms with E-state index in [1.807, 2.05) is 0 Å². The fraction of sp³-hybridized carbons (Fsp3) is 0.538. The molecule has 7 heteroatoms. The van der Waals surface area contributed by atoms with E-state index in [-0.39, 0.29) is 11.2 Å². The summed E-state index contributed by atoms with van der Waals surface area (Å²) in [7, 11) is 1.10. The Balaban J connectivity index is 2.89. The van der Waals surface area contributed by atoms with E-state index in [1.165, 1.54) is 0 Å². The van der Waals surface area contributed by atoms with Crippen LogP contribution in [0.2, 0.25) is 0 Å². The van der Waals surface area contributed by atoms with E-state index in [0.717, 1.165) is 25.7 Å². The molecule has 0 bridgehead atoms. The summed E-state index contributed by atoms with van der Waals surface area (Å²) in [6.07, 6.45) is 0. The first-order valence-corrected chi connectivity index (χ1v) is 6.01. The number of ether oxygens (including phenoxy) is 1. The molecule has 0 aromatic heterocycles. The summed E-state index contributed by atoms with van der Waals surface area (Å²) < 4.78 is 47.3. The van der Waals surface area contributed by atoms with Crippen LogP contribution in [0.3, 0.4) is 0 Å². The van der Waals surface area contributed by atoms with Crippen molar-refractivity contribution in [1.82, 2.24) is 0 Å². The van der Waals surface area contributed by atoms with Crippen LogP contribution < -0.4 is 10.2 Å². The SMILES string of the molecule is CC(C)(O)C(C)(C)O[B]c1cc(F)ccc1OC(F)F. The predicted octanol–water partition coefficient (Wildman–Crippen LogP) is 2.24. The third-order valence-electron chi connectivity index (χ3n) is 3.14. The van der Waals surface area contributed by atoms with Crippen molar-refractivity contribution in [2.75, 3.05) is 0 Å². The number of hydrogen-bond acceptors (Lipinski definition) is 3. The van der Waals surface area contributed by atoms with Gasteiger partial charge in [0.2, 0.25) is 0 Å². The van der Waals surface area contributed by atoms with Crippen LogP contribution in [0.25, 0.3) is 0 Å². The van der Waals surface area contributed by atoms with Crippen LogP contribution in [0.5, 0.6) is 5.75 Å². The van der Waals surface area contributed by atoms with Crippen molar-refractivity contribution in [1.29, 1.82) is 0 Å². The zero-order chi connectivity index (χ0) is 15.6. The Labute approximate surface area is 117 Å². The number of aliphatic hydroxyl groups is 1. The van der Waals surface area contributed by atoms with Crippen molar-refractivity contribution in [2.24, 2.45) is 0 Å². The summed E-state index contributed by atoms with van der Waals surface area (Å²) in [6.45, 7) is 3.31. The molecular weight excluding hydrogens is 272 g/mol. The highest BCUT2D eigenvalue weighted by atomic mass is 19.3. The largest absolute Gasteiger partial charge is 0.435 e. The van der Waals surface area contributed by atoms with Gasteiger partial charge in [0, 0.05) is 0 Å². The first-order valence-electron chi connectivity index (χ1n) is 6.01. The summed E-state index contributed by atoms with van der Waals surface area (Å²) in [5.41, 5.74) is -2.15. The second kappa shape index (κ2) is 6.05. The van der Waals surface area contributed by atoms with Crippen LogP contribution in [0.1, 0.15) is 27.7 Å². The molecule has 0 unspecified atom stereocenters. The van der Waals surface area contributed by atoms with Gasteiger partial charge in [-0.15, -0.1) is 0 Å². The fourth-order valence-electron chi connectivity index (χ4n) is 1.17. The number of benzene rings is 1. The van der Waals surface area contributed by atoms with Gasteiger partial charge in [-0.1, -0.05) is 0 Å². The van der Waals surface area contributed by atoms with Gasteiger partial charge in [-0.2, -0.15) is 8.78 Å². The van der Waals surface area contributed by atoms with E-state index in [9.17, 15) is 18.3 Å². The summed E-state index contributed by atoms with van der Waals surface area (Å²) >= 11 is 0. The molecule has 1 radical (unpaired) electrons. The van der Waals surface area contributed by atoms with Gasteiger partial charge < -0.3 is 14.5 Å². The minimum Gasteiger partial charge on any atom is -0.435 e. The van der Waals surface area contributed by atoms with Gasteiger partial charge in [-0.25, -0.2) is 4.39 Å². The molecule has 0 aliphatic rings. The first-order chi connectivity index (χ1) is 9.03. The Kier molecular flexibility index (Phi) is 5.10. The molecule has 0 aliphatic carbocycles. The highest BCUT2D eigenvalue weighted by Crippen LogP contribution is 2.24. The molecular formula is C13H17BF3O3. The zero-order valence-electron chi connectivity index (χ0n) is 11.8. The minimum absolute atomic E-state index is 0.0302. The molecule has 0 spiro atoms. The Hall–Kier alpha value is -1.21. The van der Waals surface area contributed by atoms with Gasteiger partial charge in [0.1, 0.15) is 11.6 Å². The van der Waals surface area contributed by atoms with E-state index in [2.05, 4.69) is 4.74 Å². The molecule has 0 saturated carbocycles. The molecule has 0 atom stereocenters. The average Bonchev–Trinajstić information content (AvgIpc) is 2.27. The zero-order valence-corrected chi connectivity index (χ0v) is 11.8. The molecule has 0 heterocycles. The third-order valence-corrected chi connectivity index (χ3v) is 3.14. The summed E-state index contributed by atoms with van der Waals surface area (Å²) in [5.74, 6) is -0.810. The summed E-state index contributed by atoms with van der Waals surface area (Å²) in [5, 5.41) is 9.92. The van der Waals surface area contributed by atoms with Crippen molar-refractivity contribution < 1.29 is 27.7 Å². The first kappa shape index (κ1) is 16.8. The van der Waals surface area contributed by atoms with Gasteiger partial charge >= 0.3 is 14.1 Å². The fourth-order valence-corrected chi connectivity index (χ4v) is 1.17. The van der Waals surface area contributed by atoms with Crippen LogP contribution in [-0.4, -0.2) is 30.4 Å². The lowest BCUT2D eigenvalue weighted by atomic mass is 9.82. The minimum atomic E-state index is -3.02. The molecule has 3 nitrogen and oxygen atoms in total. The molecule has 20 heavy (non-hydrogen) atoms. The monoisotopic (exact) mass is 289 g/mol. The van der Waals surface area contributed by atoms with E-state index in [1.54, 1.807) is 27.7 Å². The van der Waals surface area contributed by atoms with Crippen molar-refractivity contribution in [3.05, 3.63) is 24.0 Å². The highest BCUT2D eigenvalue weighted by Gasteiger charge is 2.36. The Morgan fingerprint density at radius 1 is 1.20 bits per heavy atom. The van der Waals surface area contributed by atoms with Crippen LogP contribution in [0.4, 0.5) is 13.2 Å². The molecule has 111 valence electrons. The van der Waals surface area contributed by atoms with Crippen molar-refractivity contribution in [3.63, 3.8) is 0 Å². The lowest BCUT2D eigenvalue weighted by Gasteiger charge is -2.37. The molecule has 0 amide bonds. The van der Waals surface area contributed by atoms with Crippen LogP contribution >= 0.6 is 0 Å². The van der Waals surface area contributed by atoms with Gasteiger partial charge in [-0.05, 0) is 51.4 Å². The van der Waals surface area contributed by atoms with E-state index >= 15 is 0 Å². The predicted molar refractivity (Wildman–Crippen MR) is 69.9 cm³/mol. The molecule has 1 rings (SSSR count). The lowest BCUT2D eigenvalue weighted by Crippen LogP contribution is -2.49. The van der Waals surface area contributed by atoms with Crippen molar-refractivity contribution in [2.45, 2.75) is 45.5 Å². The Morgan fingerprint density at radius 3 is 2.30 bits per heavy atom. The van der Waals surface area contributed by atoms with Crippen molar-refractivity contribution in [3.8, 4) is 5.75 Å². The second-order valence-corrected chi connectivity index (χ2v) is 5.37. The van der Waals surface area contributed by atoms with Crippen LogP contribution in [-0.2, 0) is 4.65 Å². The van der Waals surface area contributed by atoms with E-state index in [4.69, 9.17) is 4.65 Å². The third kappa shape index (κ3) is 4.42. The summed E-state index contributed by atoms with van der Waals surface area (Å²) in [4.78, 5) is 0. The molecule has 0 aliphatic heterocycles. The molecule has 1 N–H and O–H groups in total. The number of halogens is 3. The Bertz CT molecular complexity index is 459. The van der Waals surface area contributed by atoms with E-state index in [0.29, 0.717) is 0 Å². The maximum atomic E-state index is 13.2. The van der Waals surface area contributed by atoms with Gasteiger partial charge in [0.25, 0.3) is 0 Å². The standard InChI is InChI=1S/C13H17BF3O3/c1-12(2,18)13(3,4)20-14-9-7-8(15)5-6-10(9)19-11(16)17/h5-7,11,18H,1-4H3. The molecule has 1 aromatic rings. The highest BCUT2D eigenvalue weighted by molar-refractivity contribution is 6.48. The van der Waals surface area contributed by atoms with Gasteiger partial charge in [0.15, 0.2) is 0 Å². The maximum absolute atomic E-state index is 13.2. The number of alkyl halides is 2. The van der Waals surface area contributed by atoms with Crippen molar-refractivity contribution >= 4 is 12.9 Å². The quantitative estimate of drug-likeness (QED) is 0.816. The van der Waals surface area contributed by atoms with E-state index < -0.39 is 23.6 Å². The van der Waals surface area contributed by atoms with Gasteiger partial charge in [-0.3, -0.25) is 0 Å². The molecule has 1 aromatic carbocycles. The normalized spacial score (nSPS) is 12.7. The number of hydrogen-bond donors (Lipinski definition) is 1. The van der Waals surface area contributed by atoms with Crippen LogP contribution in [0.15, 0.2) is 18.2 Å². The summed E-state index contributed by atoms with van der Waals surface area (Å²) in [6, 6.07) is 3.11. The second-order valence-electron chi connectivity index (χ2n) is 5.37. The molecule has 0 fully saturated rings. The maximum Gasteiger partial charge on any atom is 0.387 e. The Morgan fingerprint density at radius 2 is 1.80 bits per heavy atom. The smallest absolute Gasteiger partial charge is 0.387 e. The topological polar surface area (TPSA) is 38.7 Å².